The zero-order valence-corrected chi connectivity index (χ0v) is 11.0. The van der Waals surface area contributed by atoms with Crippen molar-refractivity contribution in [3.05, 3.63) is 35.9 Å². The van der Waals surface area contributed by atoms with E-state index in [1.54, 1.807) is 0 Å². The van der Waals surface area contributed by atoms with Crippen LogP contribution in [-0.2, 0) is 15.8 Å². The summed E-state index contributed by atoms with van der Waals surface area (Å²) in [5.41, 5.74) is 6.25. The number of nitrogens with zero attached hydrogens (tertiary/aromatic N) is 1. The average molecular weight is 256 g/mol. The summed E-state index contributed by atoms with van der Waals surface area (Å²) in [6.07, 6.45) is 0.800. The van der Waals surface area contributed by atoms with Crippen molar-refractivity contribution in [2.75, 3.05) is 19.6 Å². The zero-order valence-electron chi connectivity index (χ0n) is 10.2. The van der Waals surface area contributed by atoms with Gasteiger partial charge in [0.1, 0.15) is 0 Å². The highest BCUT2D eigenvalue weighted by Gasteiger charge is 2.20. The van der Waals surface area contributed by atoms with Crippen molar-refractivity contribution in [3.8, 4) is 0 Å². The third kappa shape index (κ3) is 4.46. The monoisotopic (exact) mass is 256 g/mol. The molecule has 0 aliphatic rings. The van der Waals surface area contributed by atoms with Crippen LogP contribution in [0.1, 0.15) is 18.9 Å². The third-order valence-electron chi connectivity index (χ3n) is 2.44. The molecule has 0 fully saturated rings. The largest absolute Gasteiger partial charge is 0.329 e. The molecule has 1 aromatic rings. The summed E-state index contributed by atoms with van der Waals surface area (Å²) in [6.45, 7) is 3.24. The quantitative estimate of drug-likeness (QED) is 0.797. The van der Waals surface area contributed by atoms with E-state index in [-0.39, 0.29) is 5.75 Å². The molecule has 0 spiro atoms. The van der Waals surface area contributed by atoms with E-state index in [0.717, 1.165) is 12.0 Å². The van der Waals surface area contributed by atoms with Gasteiger partial charge in [-0.15, -0.1) is 0 Å². The first kappa shape index (κ1) is 14.2. The van der Waals surface area contributed by atoms with Gasteiger partial charge in [-0.1, -0.05) is 37.3 Å². The molecule has 1 aromatic carbocycles. The topological polar surface area (TPSA) is 63.4 Å². The lowest BCUT2D eigenvalue weighted by molar-refractivity contribution is 0.417. The Kier molecular flexibility index (Phi) is 5.61. The van der Waals surface area contributed by atoms with Gasteiger partial charge < -0.3 is 5.73 Å². The van der Waals surface area contributed by atoms with Crippen LogP contribution < -0.4 is 5.73 Å². The summed E-state index contributed by atoms with van der Waals surface area (Å²) in [6, 6.07) is 9.21. The molecule has 0 atom stereocenters. The first-order chi connectivity index (χ1) is 8.10. The van der Waals surface area contributed by atoms with Crippen LogP contribution in [0.25, 0.3) is 0 Å². The smallest absolute Gasteiger partial charge is 0.218 e. The molecule has 0 unspecified atom stereocenters. The predicted octanol–water partition coefficient (Wildman–Crippen LogP) is 1.19. The second-order valence-corrected chi connectivity index (χ2v) is 5.90. The van der Waals surface area contributed by atoms with Crippen molar-refractivity contribution in [1.82, 2.24) is 4.31 Å². The fourth-order valence-electron chi connectivity index (χ4n) is 1.66. The lowest BCUT2D eigenvalue weighted by atomic mass is 10.2. The van der Waals surface area contributed by atoms with E-state index in [1.807, 2.05) is 37.3 Å². The van der Waals surface area contributed by atoms with Crippen molar-refractivity contribution in [2.24, 2.45) is 5.73 Å². The molecule has 0 saturated heterocycles. The Morgan fingerprint density at radius 2 is 1.82 bits per heavy atom. The van der Waals surface area contributed by atoms with Crippen molar-refractivity contribution < 1.29 is 8.42 Å². The van der Waals surface area contributed by atoms with Crippen LogP contribution in [0.3, 0.4) is 0 Å². The summed E-state index contributed by atoms with van der Waals surface area (Å²) in [7, 11) is -3.25. The molecule has 2 N–H and O–H groups in total. The number of sulfonamides is 1. The van der Waals surface area contributed by atoms with Gasteiger partial charge in [0, 0.05) is 19.6 Å². The molecule has 0 aliphatic heterocycles. The minimum absolute atomic E-state index is 0.0494. The van der Waals surface area contributed by atoms with Crippen molar-refractivity contribution in [1.29, 1.82) is 0 Å². The Morgan fingerprint density at radius 3 is 2.35 bits per heavy atom. The van der Waals surface area contributed by atoms with Crippen LogP contribution in [0.4, 0.5) is 0 Å². The summed E-state index contributed by atoms with van der Waals surface area (Å²) in [5, 5.41) is 0. The maximum atomic E-state index is 12.2. The number of hydrogen-bond donors (Lipinski definition) is 1. The van der Waals surface area contributed by atoms with Crippen LogP contribution in [0.5, 0.6) is 0 Å². The summed E-state index contributed by atoms with van der Waals surface area (Å²) >= 11 is 0. The molecular weight excluding hydrogens is 236 g/mol. The van der Waals surface area contributed by atoms with Crippen LogP contribution in [0.15, 0.2) is 30.3 Å². The minimum atomic E-state index is -3.25. The Balaban J connectivity index is 2.78. The van der Waals surface area contributed by atoms with Gasteiger partial charge in [0.05, 0.1) is 5.75 Å². The van der Waals surface area contributed by atoms with Gasteiger partial charge in [-0.25, -0.2) is 12.7 Å². The molecule has 4 nitrogen and oxygen atoms in total. The molecule has 0 aromatic heterocycles. The minimum Gasteiger partial charge on any atom is -0.329 e. The maximum absolute atomic E-state index is 12.2. The Labute approximate surface area is 103 Å². The van der Waals surface area contributed by atoms with E-state index in [0.29, 0.717) is 19.6 Å². The molecule has 0 amide bonds. The van der Waals surface area contributed by atoms with Gasteiger partial charge in [-0.05, 0) is 12.0 Å². The second kappa shape index (κ2) is 6.74. The molecule has 96 valence electrons. The van der Waals surface area contributed by atoms with Gasteiger partial charge in [0.15, 0.2) is 0 Å². The fraction of sp³-hybridized carbons (Fsp3) is 0.500. The van der Waals surface area contributed by atoms with Gasteiger partial charge in [-0.2, -0.15) is 0 Å². The Bertz CT molecular complexity index is 411. The SMILES string of the molecule is CCCN(CCN)S(=O)(=O)Cc1ccccc1. The standard InChI is InChI=1S/C12H20N2O2S/c1-2-9-14(10-8-13)17(15,16)11-12-6-4-3-5-7-12/h3-7H,2,8-11,13H2,1H3. The van der Waals surface area contributed by atoms with Gasteiger partial charge in [0.2, 0.25) is 10.0 Å². The number of nitrogens with two attached hydrogens (primary N) is 1. The number of rotatable bonds is 7. The molecule has 0 saturated carbocycles. The second-order valence-electron chi connectivity index (χ2n) is 3.93. The van der Waals surface area contributed by atoms with Gasteiger partial charge in [0.25, 0.3) is 0 Å². The first-order valence-electron chi connectivity index (χ1n) is 5.82. The molecule has 0 radical (unpaired) electrons. The van der Waals surface area contributed by atoms with Crippen LogP contribution in [-0.4, -0.2) is 32.4 Å². The molecular formula is C12H20N2O2S. The highest BCUT2D eigenvalue weighted by atomic mass is 32.2. The highest BCUT2D eigenvalue weighted by molar-refractivity contribution is 7.88. The van der Waals surface area contributed by atoms with E-state index in [4.69, 9.17) is 5.73 Å². The highest BCUT2D eigenvalue weighted by Crippen LogP contribution is 2.10. The molecule has 1 rings (SSSR count). The van der Waals surface area contributed by atoms with E-state index >= 15 is 0 Å². The van der Waals surface area contributed by atoms with Crippen molar-refractivity contribution >= 4 is 10.0 Å². The van der Waals surface area contributed by atoms with E-state index in [1.165, 1.54) is 4.31 Å². The van der Waals surface area contributed by atoms with Gasteiger partial charge in [-0.3, -0.25) is 0 Å². The first-order valence-corrected chi connectivity index (χ1v) is 7.43. The Morgan fingerprint density at radius 1 is 1.18 bits per heavy atom. The van der Waals surface area contributed by atoms with Crippen LogP contribution >= 0.6 is 0 Å². The normalized spacial score (nSPS) is 11.9. The average Bonchev–Trinajstić information content (AvgIpc) is 2.29. The fourth-order valence-corrected chi connectivity index (χ4v) is 3.30. The molecule has 0 heterocycles. The molecule has 0 aliphatic carbocycles. The maximum Gasteiger partial charge on any atom is 0.218 e. The van der Waals surface area contributed by atoms with E-state index in [9.17, 15) is 8.42 Å². The van der Waals surface area contributed by atoms with Crippen molar-refractivity contribution in [2.45, 2.75) is 19.1 Å². The Hall–Kier alpha value is -0.910. The molecule has 0 bridgehead atoms. The molecule has 5 heteroatoms. The summed E-state index contributed by atoms with van der Waals surface area (Å²) in [4.78, 5) is 0. The van der Waals surface area contributed by atoms with Crippen molar-refractivity contribution in [3.63, 3.8) is 0 Å². The van der Waals surface area contributed by atoms with Crippen LogP contribution in [0, 0.1) is 0 Å². The van der Waals surface area contributed by atoms with E-state index in [2.05, 4.69) is 0 Å². The predicted molar refractivity (Wildman–Crippen MR) is 70.0 cm³/mol. The number of benzene rings is 1. The zero-order chi connectivity index (χ0) is 12.7. The molecule has 17 heavy (non-hydrogen) atoms. The van der Waals surface area contributed by atoms with Gasteiger partial charge >= 0.3 is 0 Å². The van der Waals surface area contributed by atoms with Crippen LogP contribution in [0.2, 0.25) is 0 Å². The summed E-state index contributed by atoms with van der Waals surface area (Å²) in [5.74, 6) is 0.0494. The lowest BCUT2D eigenvalue weighted by Gasteiger charge is -2.20. The number of hydrogen-bond acceptors (Lipinski definition) is 3. The van der Waals surface area contributed by atoms with E-state index < -0.39 is 10.0 Å². The third-order valence-corrected chi connectivity index (χ3v) is 4.29. The summed E-state index contributed by atoms with van der Waals surface area (Å²) < 4.78 is 25.8. The lowest BCUT2D eigenvalue weighted by Crippen LogP contribution is -2.36.